The van der Waals surface area contributed by atoms with Crippen LogP contribution in [0.15, 0.2) is 45.6 Å². The van der Waals surface area contributed by atoms with Gasteiger partial charge in [0.1, 0.15) is 5.76 Å². The summed E-state index contributed by atoms with van der Waals surface area (Å²) in [6, 6.07) is 8.00. The van der Waals surface area contributed by atoms with Crippen molar-refractivity contribution >= 4 is 5.82 Å². The van der Waals surface area contributed by atoms with E-state index in [1.54, 1.807) is 12.5 Å². The second-order valence-corrected chi connectivity index (χ2v) is 6.25. The molecule has 0 amide bonds. The largest absolute Gasteiger partial charge is 0.459 e. The first-order valence-corrected chi connectivity index (χ1v) is 8.56. The topological polar surface area (TPSA) is 80.2 Å². The normalized spacial score (nSPS) is 17.8. The minimum absolute atomic E-state index is 0.388. The molecule has 0 bridgehead atoms. The van der Waals surface area contributed by atoms with Gasteiger partial charge in [-0.3, -0.25) is 0 Å². The molecule has 7 nitrogen and oxygen atoms in total. The maximum atomic E-state index is 5.72. The van der Waals surface area contributed by atoms with Gasteiger partial charge in [-0.05, 0) is 44.0 Å². The van der Waals surface area contributed by atoms with Crippen LogP contribution in [0.5, 0.6) is 0 Å². The number of nitrogens with one attached hydrogen (secondary N) is 1. The Kier molecular flexibility index (Phi) is 4.47. The first-order chi connectivity index (χ1) is 12.3. The van der Waals surface area contributed by atoms with E-state index in [4.69, 9.17) is 8.83 Å². The first-order valence-electron chi connectivity index (χ1n) is 8.56. The number of hydrogen-bond acceptors (Lipinski definition) is 7. The summed E-state index contributed by atoms with van der Waals surface area (Å²) in [5, 5.41) is 11.8. The number of furan rings is 1. The van der Waals surface area contributed by atoms with E-state index in [1.807, 2.05) is 31.2 Å². The van der Waals surface area contributed by atoms with Crippen LogP contribution in [0.3, 0.4) is 0 Å². The highest BCUT2D eigenvalue weighted by molar-refractivity contribution is 5.44. The molecule has 1 aliphatic rings. The molecule has 3 aromatic heterocycles. The summed E-state index contributed by atoms with van der Waals surface area (Å²) < 4.78 is 11.1. The zero-order chi connectivity index (χ0) is 17.1. The van der Waals surface area contributed by atoms with Crippen LogP contribution >= 0.6 is 0 Å². The number of rotatable bonds is 5. The van der Waals surface area contributed by atoms with Crippen molar-refractivity contribution in [3.63, 3.8) is 0 Å². The molecule has 1 fully saturated rings. The molecule has 0 radical (unpaired) electrons. The number of aryl methyl sites for hydroxylation is 1. The van der Waals surface area contributed by atoms with Gasteiger partial charge >= 0.3 is 0 Å². The number of oxazole rings is 1. The Hall–Kier alpha value is -2.67. The quantitative estimate of drug-likeness (QED) is 0.765. The number of aromatic nitrogens is 3. The van der Waals surface area contributed by atoms with Crippen molar-refractivity contribution < 1.29 is 8.83 Å². The monoisotopic (exact) mass is 339 g/mol. The smallest absolute Gasteiger partial charge is 0.263 e. The van der Waals surface area contributed by atoms with Crippen LogP contribution in [-0.4, -0.2) is 34.3 Å². The van der Waals surface area contributed by atoms with Crippen LogP contribution in [0.1, 0.15) is 24.3 Å². The summed E-state index contributed by atoms with van der Waals surface area (Å²) in [7, 11) is 0. The molecular weight excluding hydrogens is 318 g/mol. The summed E-state index contributed by atoms with van der Waals surface area (Å²) in [4.78, 5) is 6.83. The predicted octanol–water partition coefficient (Wildman–Crippen LogP) is 2.79. The number of hydrogen-bond donors (Lipinski definition) is 1. The lowest BCUT2D eigenvalue weighted by Crippen LogP contribution is -2.45. The Bertz CT molecular complexity index is 800. The fourth-order valence-electron chi connectivity index (χ4n) is 3.15. The summed E-state index contributed by atoms with van der Waals surface area (Å²) in [6.45, 7) is 4.54. The average molecular weight is 339 g/mol. The fraction of sp³-hybridized carbons (Fsp3) is 0.389. The van der Waals surface area contributed by atoms with E-state index in [0.29, 0.717) is 24.2 Å². The van der Waals surface area contributed by atoms with Crippen molar-refractivity contribution in [1.29, 1.82) is 0 Å². The average Bonchev–Trinajstić information content (AvgIpc) is 3.31. The third-order valence-electron chi connectivity index (χ3n) is 4.49. The molecule has 0 aromatic carbocycles. The molecule has 4 rings (SSSR count). The highest BCUT2D eigenvalue weighted by Gasteiger charge is 2.22. The Labute approximate surface area is 146 Å². The van der Waals surface area contributed by atoms with Crippen LogP contribution in [0.4, 0.5) is 5.82 Å². The molecule has 130 valence electrons. The minimum Gasteiger partial charge on any atom is -0.459 e. The van der Waals surface area contributed by atoms with Gasteiger partial charge in [-0.15, -0.1) is 5.10 Å². The van der Waals surface area contributed by atoms with E-state index in [0.717, 1.165) is 43.2 Å². The molecule has 25 heavy (non-hydrogen) atoms. The maximum absolute atomic E-state index is 5.72. The van der Waals surface area contributed by atoms with Crippen molar-refractivity contribution in [2.24, 2.45) is 0 Å². The molecule has 7 heteroatoms. The Morgan fingerprint density at radius 3 is 3.08 bits per heavy atom. The third kappa shape index (κ3) is 3.56. The van der Waals surface area contributed by atoms with Crippen molar-refractivity contribution in [3.8, 4) is 11.7 Å². The van der Waals surface area contributed by atoms with Gasteiger partial charge < -0.3 is 19.1 Å². The lowest BCUT2D eigenvalue weighted by Gasteiger charge is -2.33. The molecule has 0 spiro atoms. The zero-order valence-electron chi connectivity index (χ0n) is 14.2. The van der Waals surface area contributed by atoms with Gasteiger partial charge in [-0.1, -0.05) is 0 Å². The fourth-order valence-corrected chi connectivity index (χ4v) is 3.15. The third-order valence-corrected chi connectivity index (χ3v) is 4.49. The Morgan fingerprint density at radius 2 is 2.28 bits per heavy atom. The lowest BCUT2D eigenvalue weighted by molar-refractivity contribution is 0.416. The Balaban J connectivity index is 1.38. The van der Waals surface area contributed by atoms with Gasteiger partial charge in [0.05, 0.1) is 12.0 Å². The van der Waals surface area contributed by atoms with E-state index < -0.39 is 0 Å². The van der Waals surface area contributed by atoms with Crippen LogP contribution < -0.4 is 10.2 Å². The molecule has 1 aliphatic heterocycles. The van der Waals surface area contributed by atoms with Gasteiger partial charge in [0.2, 0.25) is 0 Å². The SMILES string of the molecule is Cc1oc(-c2ccco2)nc1CN[C@@H]1CCCN(c2cccnn2)C1. The highest BCUT2D eigenvalue weighted by atomic mass is 16.4. The number of nitrogens with zero attached hydrogens (tertiary/aromatic N) is 4. The van der Waals surface area contributed by atoms with Gasteiger partial charge in [0, 0.05) is 31.9 Å². The highest BCUT2D eigenvalue weighted by Crippen LogP contribution is 2.22. The molecule has 3 aromatic rings. The van der Waals surface area contributed by atoms with Crippen molar-refractivity contribution in [2.45, 2.75) is 32.4 Å². The summed E-state index contributed by atoms with van der Waals surface area (Å²) in [6.07, 6.45) is 5.59. The second kappa shape index (κ2) is 7.06. The van der Waals surface area contributed by atoms with Crippen LogP contribution in [0, 0.1) is 6.92 Å². The Morgan fingerprint density at radius 1 is 1.32 bits per heavy atom. The molecule has 1 atom stereocenters. The van der Waals surface area contributed by atoms with Crippen LogP contribution in [0.25, 0.3) is 11.7 Å². The molecule has 0 unspecified atom stereocenters. The van der Waals surface area contributed by atoms with Gasteiger partial charge in [0.25, 0.3) is 5.89 Å². The molecule has 4 heterocycles. The summed E-state index contributed by atoms with van der Waals surface area (Å²) in [5.41, 5.74) is 0.919. The predicted molar refractivity (Wildman–Crippen MR) is 93.0 cm³/mol. The van der Waals surface area contributed by atoms with Crippen LogP contribution in [0.2, 0.25) is 0 Å². The van der Waals surface area contributed by atoms with Crippen LogP contribution in [-0.2, 0) is 6.54 Å². The number of piperidine rings is 1. The lowest BCUT2D eigenvalue weighted by atomic mass is 10.1. The van der Waals surface area contributed by atoms with Crippen molar-refractivity contribution in [1.82, 2.24) is 20.5 Å². The van der Waals surface area contributed by atoms with Gasteiger partial charge in [-0.25, -0.2) is 4.98 Å². The summed E-state index contributed by atoms with van der Waals surface area (Å²) in [5.74, 6) is 2.94. The van der Waals surface area contributed by atoms with Crippen molar-refractivity contribution in [3.05, 3.63) is 48.2 Å². The zero-order valence-corrected chi connectivity index (χ0v) is 14.2. The second-order valence-electron chi connectivity index (χ2n) is 6.25. The number of anilines is 1. The van der Waals surface area contributed by atoms with E-state index in [-0.39, 0.29) is 0 Å². The van der Waals surface area contributed by atoms with Gasteiger partial charge in [0.15, 0.2) is 11.6 Å². The molecule has 0 saturated carbocycles. The minimum atomic E-state index is 0.388. The van der Waals surface area contributed by atoms with E-state index in [9.17, 15) is 0 Å². The molecule has 1 saturated heterocycles. The summed E-state index contributed by atoms with van der Waals surface area (Å²) >= 11 is 0. The van der Waals surface area contributed by atoms with Crippen molar-refractivity contribution in [2.75, 3.05) is 18.0 Å². The molecular formula is C18H21N5O2. The van der Waals surface area contributed by atoms with E-state index in [1.165, 1.54) is 0 Å². The standard InChI is InChI=1S/C18H21N5O2/c1-13-15(21-18(25-13)16-6-4-10-24-16)11-19-14-5-3-9-23(12-14)17-7-2-8-20-22-17/h2,4,6-8,10,14,19H,3,5,9,11-12H2,1H3/t14-/m1/s1. The molecule has 0 aliphatic carbocycles. The first kappa shape index (κ1) is 15.8. The van der Waals surface area contributed by atoms with Gasteiger partial charge in [-0.2, -0.15) is 5.10 Å². The maximum Gasteiger partial charge on any atom is 0.263 e. The molecule has 1 N–H and O–H groups in total. The van der Waals surface area contributed by atoms with E-state index >= 15 is 0 Å². The van der Waals surface area contributed by atoms with E-state index in [2.05, 4.69) is 25.4 Å².